The number of hydrogen-bond donors (Lipinski definition) is 2. The van der Waals surface area contributed by atoms with Crippen LogP contribution in [-0.2, 0) is 4.79 Å². The molecular weight excluding hydrogens is 512 g/mol. The molecule has 0 radical (unpaired) electrons. The highest BCUT2D eigenvalue weighted by molar-refractivity contribution is 6.30. The number of furan rings is 1. The van der Waals surface area contributed by atoms with E-state index in [-0.39, 0.29) is 5.70 Å². The molecule has 39 heavy (non-hydrogen) atoms. The zero-order chi connectivity index (χ0) is 27.6. The number of carbonyl (C=O) groups is 2. The quantitative estimate of drug-likeness (QED) is 0.139. The van der Waals surface area contributed by atoms with Gasteiger partial charge >= 0.3 is 0 Å². The number of anilines is 1. The molecule has 2 N–H and O–H groups in total. The lowest BCUT2D eigenvalue weighted by Gasteiger charge is -2.20. The van der Waals surface area contributed by atoms with E-state index in [9.17, 15) is 9.59 Å². The molecule has 3 aromatic carbocycles. The van der Waals surface area contributed by atoms with Crippen molar-refractivity contribution in [3.05, 3.63) is 119 Å². The van der Waals surface area contributed by atoms with Crippen LogP contribution in [0.25, 0.3) is 17.4 Å². The highest BCUT2D eigenvalue weighted by Gasteiger charge is 2.15. The van der Waals surface area contributed by atoms with Gasteiger partial charge in [-0.2, -0.15) is 5.10 Å². The monoisotopic (exact) mass is 540 g/mol. The fourth-order valence-corrected chi connectivity index (χ4v) is 4.10. The zero-order valence-electron chi connectivity index (χ0n) is 21.7. The van der Waals surface area contributed by atoms with E-state index in [4.69, 9.17) is 16.0 Å². The fraction of sp³-hybridized carbons (Fsp3) is 0.129. The van der Waals surface area contributed by atoms with Gasteiger partial charge in [-0.05, 0) is 74.0 Å². The van der Waals surface area contributed by atoms with Crippen LogP contribution in [0.2, 0.25) is 5.02 Å². The lowest BCUT2D eigenvalue weighted by Crippen LogP contribution is -2.32. The second-order valence-corrected chi connectivity index (χ2v) is 8.99. The second-order valence-electron chi connectivity index (χ2n) is 8.55. The van der Waals surface area contributed by atoms with Crippen LogP contribution in [0.5, 0.6) is 0 Å². The Morgan fingerprint density at radius 2 is 1.67 bits per heavy atom. The Balaban J connectivity index is 1.51. The van der Waals surface area contributed by atoms with Crippen molar-refractivity contribution in [2.45, 2.75) is 13.8 Å². The molecule has 0 aliphatic heterocycles. The van der Waals surface area contributed by atoms with Crippen LogP contribution in [0.3, 0.4) is 0 Å². The van der Waals surface area contributed by atoms with Crippen molar-refractivity contribution < 1.29 is 14.0 Å². The molecule has 0 aliphatic rings. The van der Waals surface area contributed by atoms with Gasteiger partial charge < -0.3 is 14.6 Å². The molecule has 4 rings (SSSR count). The van der Waals surface area contributed by atoms with Gasteiger partial charge in [0.25, 0.3) is 11.8 Å². The smallest absolute Gasteiger partial charge is 0.287 e. The van der Waals surface area contributed by atoms with Gasteiger partial charge in [0.1, 0.15) is 17.2 Å². The molecular formula is C31H29ClN4O3. The predicted molar refractivity (Wildman–Crippen MR) is 157 cm³/mol. The summed E-state index contributed by atoms with van der Waals surface area (Å²) in [5.41, 5.74) is 5.62. The summed E-state index contributed by atoms with van der Waals surface area (Å²) < 4.78 is 5.79. The Hall–Kier alpha value is -4.62. The molecule has 7 nitrogen and oxygen atoms in total. The molecule has 198 valence electrons. The molecule has 2 amide bonds. The molecule has 1 heterocycles. The Morgan fingerprint density at radius 3 is 2.36 bits per heavy atom. The first-order valence-electron chi connectivity index (χ1n) is 12.6. The Labute approximate surface area is 232 Å². The first-order valence-corrected chi connectivity index (χ1v) is 13.0. The van der Waals surface area contributed by atoms with E-state index in [1.54, 1.807) is 54.6 Å². The van der Waals surface area contributed by atoms with E-state index in [0.29, 0.717) is 22.1 Å². The Bertz CT molecular complexity index is 1470. The fourth-order valence-electron chi connectivity index (χ4n) is 3.91. The second kappa shape index (κ2) is 13.3. The van der Waals surface area contributed by atoms with Crippen molar-refractivity contribution in [3.63, 3.8) is 0 Å². The molecule has 0 aliphatic carbocycles. The van der Waals surface area contributed by atoms with E-state index in [1.807, 2.05) is 42.5 Å². The average molecular weight is 541 g/mol. The van der Waals surface area contributed by atoms with Crippen LogP contribution in [0.4, 0.5) is 5.69 Å². The van der Waals surface area contributed by atoms with Crippen LogP contribution in [0, 0.1) is 0 Å². The van der Waals surface area contributed by atoms with Crippen LogP contribution in [0.15, 0.2) is 106 Å². The number of amides is 2. The maximum atomic E-state index is 13.1. The van der Waals surface area contributed by atoms with Gasteiger partial charge in [-0.15, -0.1) is 0 Å². The minimum atomic E-state index is -0.579. The van der Waals surface area contributed by atoms with Gasteiger partial charge in [0, 0.05) is 34.9 Å². The number of rotatable bonds is 10. The van der Waals surface area contributed by atoms with Crippen molar-refractivity contribution in [1.82, 2.24) is 10.7 Å². The summed E-state index contributed by atoms with van der Waals surface area (Å²) in [6.07, 6.45) is 3.00. The maximum absolute atomic E-state index is 13.1. The van der Waals surface area contributed by atoms with Gasteiger partial charge in [-0.25, -0.2) is 5.43 Å². The molecule has 0 spiro atoms. The van der Waals surface area contributed by atoms with Crippen molar-refractivity contribution in [2.75, 3.05) is 18.0 Å². The third kappa shape index (κ3) is 7.46. The van der Waals surface area contributed by atoms with E-state index in [0.717, 1.165) is 29.9 Å². The minimum Gasteiger partial charge on any atom is -0.455 e. The molecule has 4 aromatic rings. The summed E-state index contributed by atoms with van der Waals surface area (Å²) in [4.78, 5) is 28.1. The Morgan fingerprint density at radius 1 is 0.923 bits per heavy atom. The summed E-state index contributed by atoms with van der Waals surface area (Å²) in [6.45, 7) is 5.97. The molecule has 0 saturated carbocycles. The van der Waals surface area contributed by atoms with E-state index in [2.05, 4.69) is 34.6 Å². The first kappa shape index (κ1) is 27.4. The van der Waals surface area contributed by atoms with Crippen LogP contribution >= 0.6 is 11.6 Å². The third-order valence-electron chi connectivity index (χ3n) is 5.96. The van der Waals surface area contributed by atoms with Gasteiger partial charge in [0.15, 0.2) is 0 Å². The molecule has 0 atom stereocenters. The van der Waals surface area contributed by atoms with Crippen molar-refractivity contribution in [1.29, 1.82) is 0 Å². The molecule has 1 aromatic heterocycles. The van der Waals surface area contributed by atoms with Gasteiger partial charge in [-0.3, -0.25) is 9.59 Å². The number of carbonyl (C=O) groups excluding carboxylic acids is 2. The van der Waals surface area contributed by atoms with Crippen molar-refractivity contribution >= 4 is 41.4 Å². The van der Waals surface area contributed by atoms with E-state index < -0.39 is 11.8 Å². The van der Waals surface area contributed by atoms with Crippen molar-refractivity contribution in [3.8, 4) is 11.3 Å². The van der Waals surface area contributed by atoms with Crippen LogP contribution in [-0.4, -0.2) is 31.1 Å². The predicted octanol–water partition coefficient (Wildman–Crippen LogP) is 6.37. The highest BCUT2D eigenvalue weighted by Crippen LogP contribution is 2.24. The lowest BCUT2D eigenvalue weighted by molar-refractivity contribution is -0.117. The molecule has 0 bridgehead atoms. The standard InChI is InChI=1S/C31H29ClN4O3/c1-3-36(4-2)26-15-13-22(14-16-26)19-28(34-30(37)23-9-6-5-7-10-23)31(38)35-33-21-27-17-18-29(39-27)24-11-8-12-25(32)20-24/h5-21H,3-4H2,1-2H3,(H,34,37)(H,35,38). The summed E-state index contributed by atoms with van der Waals surface area (Å²) in [6, 6.07) is 27.3. The highest BCUT2D eigenvalue weighted by atomic mass is 35.5. The maximum Gasteiger partial charge on any atom is 0.287 e. The lowest BCUT2D eigenvalue weighted by atomic mass is 10.1. The number of halogens is 1. The van der Waals surface area contributed by atoms with E-state index >= 15 is 0 Å². The molecule has 0 saturated heterocycles. The van der Waals surface area contributed by atoms with E-state index in [1.165, 1.54) is 6.21 Å². The molecule has 0 fully saturated rings. The van der Waals surface area contributed by atoms with Gasteiger partial charge in [-0.1, -0.05) is 54.1 Å². The topological polar surface area (TPSA) is 86.9 Å². The third-order valence-corrected chi connectivity index (χ3v) is 6.19. The summed E-state index contributed by atoms with van der Waals surface area (Å²) >= 11 is 6.06. The average Bonchev–Trinajstić information content (AvgIpc) is 3.43. The summed E-state index contributed by atoms with van der Waals surface area (Å²) in [5, 5.41) is 7.34. The van der Waals surface area contributed by atoms with Gasteiger partial charge in [0.2, 0.25) is 0 Å². The largest absolute Gasteiger partial charge is 0.455 e. The number of hydrazone groups is 1. The normalized spacial score (nSPS) is 11.4. The number of hydrogen-bond acceptors (Lipinski definition) is 5. The number of nitrogens with zero attached hydrogens (tertiary/aromatic N) is 2. The van der Waals surface area contributed by atoms with Gasteiger partial charge in [0.05, 0.1) is 6.21 Å². The number of nitrogens with one attached hydrogen (secondary N) is 2. The Kier molecular flexibility index (Phi) is 9.32. The first-order chi connectivity index (χ1) is 19.0. The zero-order valence-corrected chi connectivity index (χ0v) is 22.5. The SMILES string of the molecule is CCN(CC)c1ccc(C=C(NC(=O)c2ccccc2)C(=O)NN=Cc2ccc(-c3cccc(Cl)c3)o2)cc1. The minimum absolute atomic E-state index is 0.0515. The van der Waals surface area contributed by atoms with Crippen LogP contribution in [0.1, 0.15) is 35.5 Å². The number of benzene rings is 3. The molecule has 8 heteroatoms. The summed E-state index contributed by atoms with van der Waals surface area (Å²) in [5.74, 6) is 0.0770. The van der Waals surface area contributed by atoms with Crippen molar-refractivity contribution in [2.24, 2.45) is 5.10 Å². The summed E-state index contributed by atoms with van der Waals surface area (Å²) in [7, 11) is 0. The molecule has 0 unspecified atom stereocenters. The van der Waals surface area contributed by atoms with Crippen LogP contribution < -0.4 is 15.6 Å².